The van der Waals surface area contributed by atoms with Gasteiger partial charge in [-0.2, -0.15) is 0 Å². The number of rotatable bonds is 10. The molecule has 3 atom stereocenters. The van der Waals surface area contributed by atoms with Gasteiger partial charge in [0.25, 0.3) is 0 Å². The van der Waals surface area contributed by atoms with Gasteiger partial charge in [-0.3, -0.25) is 14.4 Å². The topological polar surface area (TPSA) is 72.9 Å². The minimum atomic E-state index is -0.592. The fourth-order valence-corrected chi connectivity index (χ4v) is 3.26. The van der Waals surface area contributed by atoms with Crippen LogP contribution in [0.2, 0.25) is 0 Å². The van der Waals surface area contributed by atoms with Crippen LogP contribution in [0.15, 0.2) is 25.3 Å². The molecule has 0 aromatic rings. The summed E-state index contributed by atoms with van der Waals surface area (Å²) >= 11 is 0. The van der Waals surface area contributed by atoms with Crippen molar-refractivity contribution >= 4 is 17.8 Å². The fourth-order valence-electron chi connectivity index (χ4n) is 3.26. The highest BCUT2D eigenvalue weighted by atomic mass is 16.6. The lowest BCUT2D eigenvalue weighted by Crippen LogP contribution is -2.43. The van der Waals surface area contributed by atoms with E-state index in [4.69, 9.17) is 9.47 Å². The Hall–Kier alpha value is -2.11. The van der Waals surface area contributed by atoms with Gasteiger partial charge in [-0.15, -0.1) is 13.2 Å². The lowest BCUT2D eigenvalue weighted by atomic mass is 9.99. The average Bonchev–Trinajstić information content (AvgIpc) is 3.05. The zero-order valence-corrected chi connectivity index (χ0v) is 17.7. The second-order valence-electron chi connectivity index (χ2n) is 8.40. The maximum absolute atomic E-state index is 13.0. The van der Waals surface area contributed by atoms with Crippen LogP contribution in [0.25, 0.3) is 0 Å². The van der Waals surface area contributed by atoms with Crippen molar-refractivity contribution in [3.05, 3.63) is 25.3 Å². The highest BCUT2D eigenvalue weighted by molar-refractivity contribution is 5.84. The van der Waals surface area contributed by atoms with Crippen molar-refractivity contribution in [1.82, 2.24) is 4.90 Å². The second kappa shape index (κ2) is 11.0. The Balaban J connectivity index is 2.71. The normalized spacial score (nSPS) is 18.9. The molecule has 0 radical (unpaired) electrons. The number of esters is 2. The smallest absolute Gasteiger partial charge is 0.309 e. The molecule has 0 aromatic carbocycles. The minimum Gasteiger partial charge on any atom is -0.463 e. The number of likely N-dealkylation sites (tertiary alicyclic amines) is 1. The van der Waals surface area contributed by atoms with Crippen molar-refractivity contribution in [3.8, 4) is 0 Å². The number of carbonyl (C=O) groups is 3. The average molecular weight is 394 g/mol. The molecule has 0 saturated carbocycles. The number of amides is 1. The summed E-state index contributed by atoms with van der Waals surface area (Å²) in [6.07, 6.45) is 5.94. The summed E-state index contributed by atoms with van der Waals surface area (Å²) in [5, 5.41) is 0. The maximum Gasteiger partial charge on any atom is 0.309 e. The zero-order chi connectivity index (χ0) is 21.3. The van der Waals surface area contributed by atoms with E-state index in [0.717, 1.165) is 12.8 Å². The Morgan fingerprint density at radius 2 is 1.82 bits per heavy atom. The van der Waals surface area contributed by atoms with Crippen LogP contribution in [0.5, 0.6) is 0 Å². The molecule has 6 heteroatoms. The Bertz CT molecular complexity index is 578. The van der Waals surface area contributed by atoms with Crippen LogP contribution in [-0.4, -0.2) is 47.5 Å². The summed E-state index contributed by atoms with van der Waals surface area (Å²) in [6, 6.07) is -0.154. The highest BCUT2D eigenvalue weighted by Gasteiger charge is 2.35. The standard InChI is InChI=1S/C22H35NO5/c1-7-10-16(3)21(26)27-15-18-12-9-13-23(18)20(25)17(11-8-2)14-19(24)28-22(4,5)6/h7-8,16-18H,1-2,9-15H2,3-6H3/t16-,17+,18+/m1/s1. The van der Waals surface area contributed by atoms with E-state index in [1.165, 1.54) is 0 Å². The van der Waals surface area contributed by atoms with Gasteiger partial charge in [-0.05, 0) is 46.5 Å². The molecule has 1 fully saturated rings. The number of ether oxygens (including phenoxy) is 2. The summed E-state index contributed by atoms with van der Waals surface area (Å²) in [5.74, 6) is -1.54. The zero-order valence-electron chi connectivity index (χ0n) is 17.7. The van der Waals surface area contributed by atoms with Crippen molar-refractivity contribution in [2.75, 3.05) is 13.2 Å². The molecule has 0 aliphatic carbocycles. The van der Waals surface area contributed by atoms with Crippen LogP contribution in [0, 0.1) is 11.8 Å². The summed E-state index contributed by atoms with van der Waals surface area (Å²) in [4.78, 5) is 39.0. The van der Waals surface area contributed by atoms with E-state index in [1.807, 2.05) is 0 Å². The first-order chi connectivity index (χ1) is 13.1. The quantitative estimate of drug-likeness (QED) is 0.418. The fraction of sp³-hybridized carbons (Fsp3) is 0.682. The first-order valence-electron chi connectivity index (χ1n) is 9.99. The van der Waals surface area contributed by atoms with Crippen LogP contribution < -0.4 is 0 Å². The molecule has 1 amide bonds. The van der Waals surface area contributed by atoms with Crippen molar-refractivity contribution in [3.63, 3.8) is 0 Å². The van der Waals surface area contributed by atoms with Crippen molar-refractivity contribution in [2.24, 2.45) is 11.8 Å². The van der Waals surface area contributed by atoms with Crippen molar-refractivity contribution < 1.29 is 23.9 Å². The molecular formula is C22H35NO5. The van der Waals surface area contributed by atoms with Gasteiger partial charge in [-0.1, -0.05) is 19.1 Å². The molecule has 0 spiro atoms. The monoisotopic (exact) mass is 393 g/mol. The molecule has 0 unspecified atom stereocenters. The van der Waals surface area contributed by atoms with E-state index >= 15 is 0 Å². The third-order valence-electron chi connectivity index (χ3n) is 4.63. The van der Waals surface area contributed by atoms with E-state index in [1.54, 1.807) is 44.7 Å². The number of hydrogen-bond donors (Lipinski definition) is 0. The third-order valence-corrected chi connectivity index (χ3v) is 4.63. The molecule has 1 heterocycles. The first kappa shape index (κ1) is 23.9. The van der Waals surface area contributed by atoms with Crippen LogP contribution in [-0.2, 0) is 23.9 Å². The first-order valence-corrected chi connectivity index (χ1v) is 9.99. The number of carbonyl (C=O) groups excluding carboxylic acids is 3. The van der Waals surface area contributed by atoms with E-state index in [0.29, 0.717) is 19.4 Å². The molecule has 1 saturated heterocycles. The predicted molar refractivity (Wildman–Crippen MR) is 108 cm³/mol. The molecule has 1 rings (SSSR count). The molecule has 6 nitrogen and oxygen atoms in total. The van der Waals surface area contributed by atoms with Gasteiger partial charge in [0.1, 0.15) is 12.2 Å². The maximum atomic E-state index is 13.0. The van der Waals surface area contributed by atoms with Gasteiger partial charge >= 0.3 is 11.9 Å². The molecule has 158 valence electrons. The number of hydrogen-bond acceptors (Lipinski definition) is 5. The van der Waals surface area contributed by atoms with Gasteiger partial charge in [-0.25, -0.2) is 0 Å². The van der Waals surface area contributed by atoms with E-state index in [2.05, 4.69) is 13.2 Å². The Kier molecular flexibility index (Phi) is 9.42. The SMILES string of the molecule is C=CC[C@@H](CC(=O)OC(C)(C)C)C(=O)N1CCC[C@H]1COC(=O)[C@H](C)CC=C. The summed E-state index contributed by atoms with van der Waals surface area (Å²) in [7, 11) is 0. The van der Waals surface area contributed by atoms with Crippen molar-refractivity contribution in [1.29, 1.82) is 0 Å². The van der Waals surface area contributed by atoms with Gasteiger partial charge in [0.15, 0.2) is 0 Å². The molecule has 0 aromatic heterocycles. The Morgan fingerprint density at radius 1 is 1.18 bits per heavy atom. The predicted octanol–water partition coefficient (Wildman–Crippen LogP) is 3.66. The highest BCUT2D eigenvalue weighted by Crippen LogP contribution is 2.24. The molecule has 1 aliphatic heterocycles. The minimum absolute atomic E-state index is 0.0154. The molecule has 1 aliphatic rings. The van der Waals surface area contributed by atoms with Gasteiger partial charge in [0, 0.05) is 6.54 Å². The van der Waals surface area contributed by atoms with E-state index in [-0.39, 0.29) is 36.9 Å². The largest absolute Gasteiger partial charge is 0.463 e. The van der Waals surface area contributed by atoms with Crippen LogP contribution in [0.1, 0.15) is 59.8 Å². The summed E-state index contributed by atoms with van der Waals surface area (Å²) in [6.45, 7) is 15.3. The van der Waals surface area contributed by atoms with Crippen LogP contribution >= 0.6 is 0 Å². The molecular weight excluding hydrogens is 358 g/mol. The van der Waals surface area contributed by atoms with Gasteiger partial charge in [0.05, 0.1) is 24.3 Å². The van der Waals surface area contributed by atoms with Crippen LogP contribution in [0.4, 0.5) is 0 Å². The number of allylic oxidation sites excluding steroid dienone is 2. The van der Waals surface area contributed by atoms with E-state index in [9.17, 15) is 14.4 Å². The molecule has 0 bridgehead atoms. The van der Waals surface area contributed by atoms with Gasteiger partial charge in [0.2, 0.25) is 5.91 Å². The summed E-state index contributed by atoms with van der Waals surface area (Å²) in [5.41, 5.74) is -0.592. The Labute approximate surface area is 168 Å². The van der Waals surface area contributed by atoms with Crippen molar-refractivity contribution in [2.45, 2.75) is 71.4 Å². The Morgan fingerprint density at radius 3 is 2.39 bits per heavy atom. The van der Waals surface area contributed by atoms with E-state index < -0.39 is 17.5 Å². The number of nitrogens with zero attached hydrogens (tertiary/aromatic N) is 1. The molecule has 28 heavy (non-hydrogen) atoms. The lowest BCUT2D eigenvalue weighted by molar-refractivity contribution is -0.159. The second-order valence-corrected chi connectivity index (χ2v) is 8.40. The lowest BCUT2D eigenvalue weighted by Gasteiger charge is -2.29. The molecule has 0 N–H and O–H groups in total. The van der Waals surface area contributed by atoms with Crippen LogP contribution in [0.3, 0.4) is 0 Å². The summed E-state index contributed by atoms with van der Waals surface area (Å²) < 4.78 is 10.8. The third kappa shape index (κ3) is 7.87. The van der Waals surface area contributed by atoms with Gasteiger partial charge < -0.3 is 14.4 Å².